The standard InChI is InChI=1S/C21H23F4N5O3/c1-11-5-17-14(18-19(32)28(2)7-12(10-31)8-30(18)27-17)9-29(11)20(33)26-13-3-4-16(22)15(6-13)21(23,24)25/h3-4,6,11-12,31H,5,7-10H2,1-2H3,(H,26,33)/t11-,12+/m1/s1. The highest BCUT2D eigenvalue weighted by atomic mass is 19.4. The third kappa shape index (κ3) is 4.26. The number of aliphatic hydroxyl groups excluding tert-OH is 1. The van der Waals surface area contributed by atoms with Gasteiger partial charge in [0.15, 0.2) is 0 Å². The first-order valence-electron chi connectivity index (χ1n) is 10.4. The second-order valence-electron chi connectivity index (χ2n) is 8.49. The van der Waals surface area contributed by atoms with Crippen LogP contribution in [0.15, 0.2) is 18.2 Å². The molecule has 2 N–H and O–H groups in total. The Kier molecular flexibility index (Phi) is 5.81. The van der Waals surface area contributed by atoms with Gasteiger partial charge in [0.2, 0.25) is 0 Å². The van der Waals surface area contributed by atoms with Crippen molar-refractivity contribution in [3.05, 3.63) is 46.5 Å². The van der Waals surface area contributed by atoms with Crippen LogP contribution in [0, 0.1) is 11.7 Å². The maximum Gasteiger partial charge on any atom is 0.419 e. The molecule has 0 saturated carbocycles. The Morgan fingerprint density at radius 2 is 2.03 bits per heavy atom. The summed E-state index contributed by atoms with van der Waals surface area (Å²) in [6, 6.07) is 1.24. The zero-order valence-corrected chi connectivity index (χ0v) is 18.0. The van der Waals surface area contributed by atoms with Crippen LogP contribution in [-0.2, 0) is 25.7 Å². The molecule has 1 aromatic carbocycles. The van der Waals surface area contributed by atoms with E-state index in [0.29, 0.717) is 48.6 Å². The molecular formula is C21H23F4N5O3. The van der Waals surface area contributed by atoms with Gasteiger partial charge in [-0.15, -0.1) is 0 Å². The third-order valence-electron chi connectivity index (χ3n) is 6.04. The van der Waals surface area contributed by atoms with Crippen molar-refractivity contribution in [3.63, 3.8) is 0 Å². The van der Waals surface area contributed by atoms with Crippen LogP contribution in [0.5, 0.6) is 0 Å². The second-order valence-corrected chi connectivity index (χ2v) is 8.49. The minimum Gasteiger partial charge on any atom is -0.396 e. The Hall–Kier alpha value is -3.15. The van der Waals surface area contributed by atoms with Gasteiger partial charge < -0.3 is 20.2 Å². The molecule has 0 bridgehead atoms. The summed E-state index contributed by atoms with van der Waals surface area (Å²) in [4.78, 5) is 28.8. The molecule has 3 amide bonds. The Balaban J connectivity index is 1.60. The van der Waals surface area contributed by atoms with Crippen LogP contribution in [0.2, 0.25) is 0 Å². The second kappa shape index (κ2) is 8.32. The Bertz CT molecular complexity index is 1100. The number of carbonyl (C=O) groups excluding carboxylic acids is 2. The number of rotatable bonds is 2. The number of aliphatic hydroxyl groups is 1. The quantitative estimate of drug-likeness (QED) is 0.662. The topological polar surface area (TPSA) is 90.7 Å². The van der Waals surface area contributed by atoms with Gasteiger partial charge in [-0.25, -0.2) is 9.18 Å². The molecule has 0 saturated heterocycles. The van der Waals surface area contributed by atoms with Crippen molar-refractivity contribution in [2.45, 2.75) is 38.7 Å². The largest absolute Gasteiger partial charge is 0.419 e. The lowest BCUT2D eigenvalue weighted by atomic mass is 9.99. The summed E-state index contributed by atoms with van der Waals surface area (Å²) in [7, 11) is 1.63. The van der Waals surface area contributed by atoms with E-state index in [0.717, 1.165) is 6.07 Å². The fourth-order valence-electron chi connectivity index (χ4n) is 4.32. The zero-order valence-electron chi connectivity index (χ0n) is 18.0. The summed E-state index contributed by atoms with van der Waals surface area (Å²) >= 11 is 0. The third-order valence-corrected chi connectivity index (χ3v) is 6.04. The van der Waals surface area contributed by atoms with E-state index < -0.39 is 23.6 Å². The van der Waals surface area contributed by atoms with Gasteiger partial charge in [0.1, 0.15) is 11.5 Å². The fraction of sp³-hybridized carbons (Fsp3) is 0.476. The predicted molar refractivity (Wildman–Crippen MR) is 109 cm³/mol. The molecule has 33 heavy (non-hydrogen) atoms. The Morgan fingerprint density at radius 3 is 2.70 bits per heavy atom. The lowest BCUT2D eigenvalue weighted by Gasteiger charge is -2.33. The Morgan fingerprint density at radius 1 is 1.30 bits per heavy atom. The van der Waals surface area contributed by atoms with E-state index in [1.807, 2.05) is 0 Å². The lowest BCUT2D eigenvalue weighted by molar-refractivity contribution is -0.139. The van der Waals surface area contributed by atoms with E-state index in [2.05, 4.69) is 10.4 Å². The fourth-order valence-corrected chi connectivity index (χ4v) is 4.32. The van der Waals surface area contributed by atoms with Gasteiger partial charge >= 0.3 is 12.2 Å². The zero-order chi connectivity index (χ0) is 24.1. The molecule has 1 aromatic heterocycles. The van der Waals surface area contributed by atoms with Crippen molar-refractivity contribution in [1.82, 2.24) is 19.6 Å². The summed E-state index contributed by atoms with van der Waals surface area (Å²) < 4.78 is 54.1. The molecule has 4 rings (SSSR count). The smallest absolute Gasteiger partial charge is 0.396 e. The molecule has 0 spiro atoms. The number of alkyl halides is 3. The molecule has 2 atom stereocenters. The number of nitrogens with one attached hydrogen (secondary N) is 1. The molecule has 3 heterocycles. The molecule has 2 aliphatic heterocycles. The number of anilines is 1. The highest BCUT2D eigenvalue weighted by Crippen LogP contribution is 2.34. The Labute approximate surface area is 186 Å². The molecular weight excluding hydrogens is 446 g/mol. The molecule has 0 unspecified atom stereocenters. The summed E-state index contributed by atoms with van der Waals surface area (Å²) in [5.74, 6) is -1.88. The first kappa shape index (κ1) is 23.0. The number of halogens is 4. The number of benzene rings is 1. The predicted octanol–water partition coefficient (Wildman–Crippen LogP) is 2.71. The number of hydrogen-bond donors (Lipinski definition) is 2. The van der Waals surface area contributed by atoms with Gasteiger partial charge in [-0.3, -0.25) is 9.48 Å². The lowest BCUT2D eigenvalue weighted by Crippen LogP contribution is -2.45. The number of urea groups is 1. The average molecular weight is 469 g/mol. The van der Waals surface area contributed by atoms with Crippen LogP contribution in [0.1, 0.15) is 34.2 Å². The number of fused-ring (bicyclic) bond motifs is 3. The SMILES string of the molecule is C[C@@H]1Cc2nn3c(c2CN1C(=O)Nc1ccc(F)c(C(F)(F)F)c1)C(=O)N(C)C[C@H](CO)C3. The first-order chi connectivity index (χ1) is 15.5. The van der Waals surface area contributed by atoms with E-state index in [1.165, 1.54) is 9.80 Å². The summed E-state index contributed by atoms with van der Waals surface area (Å²) in [5, 5.41) is 16.5. The molecule has 0 aliphatic carbocycles. The van der Waals surface area contributed by atoms with E-state index in [1.54, 1.807) is 18.7 Å². The molecule has 8 nitrogen and oxygen atoms in total. The molecule has 0 fully saturated rings. The molecule has 12 heteroatoms. The van der Waals surface area contributed by atoms with E-state index in [9.17, 15) is 32.3 Å². The normalized spacial score (nSPS) is 20.9. The van der Waals surface area contributed by atoms with Crippen molar-refractivity contribution in [3.8, 4) is 0 Å². The van der Waals surface area contributed by atoms with Crippen LogP contribution in [0.3, 0.4) is 0 Å². The van der Waals surface area contributed by atoms with E-state index >= 15 is 0 Å². The van der Waals surface area contributed by atoms with Gasteiger partial charge in [-0.2, -0.15) is 18.3 Å². The van der Waals surface area contributed by atoms with Crippen LogP contribution in [0.4, 0.5) is 28.0 Å². The average Bonchev–Trinajstić information content (AvgIpc) is 3.02. The maximum absolute atomic E-state index is 13.6. The number of carbonyl (C=O) groups is 2. The van der Waals surface area contributed by atoms with Crippen molar-refractivity contribution >= 4 is 17.6 Å². The molecule has 0 radical (unpaired) electrons. The first-order valence-corrected chi connectivity index (χ1v) is 10.4. The van der Waals surface area contributed by atoms with Gasteiger partial charge in [0, 0.05) is 56.4 Å². The van der Waals surface area contributed by atoms with Crippen LogP contribution >= 0.6 is 0 Å². The van der Waals surface area contributed by atoms with E-state index in [-0.39, 0.29) is 36.7 Å². The number of nitrogens with zero attached hydrogens (tertiary/aromatic N) is 4. The van der Waals surface area contributed by atoms with Crippen LogP contribution in [-0.4, -0.2) is 62.9 Å². The van der Waals surface area contributed by atoms with Gasteiger partial charge in [0.05, 0.1) is 17.8 Å². The van der Waals surface area contributed by atoms with Gasteiger partial charge in [0.25, 0.3) is 5.91 Å². The molecule has 2 aliphatic rings. The van der Waals surface area contributed by atoms with Gasteiger partial charge in [-0.05, 0) is 25.1 Å². The van der Waals surface area contributed by atoms with Crippen molar-refractivity contribution < 1.29 is 32.3 Å². The van der Waals surface area contributed by atoms with Gasteiger partial charge in [-0.1, -0.05) is 0 Å². The molecule has 178 valence electrons. The monoisotopic (exact) mass is 469 g/mol. The summed E-state index contributed by atoms with van der Waals surface area (Å²) in [6.45, 7) is 2.41. The van der Waals surface area contributed by atoms with Crippen LogP contribution < -0.4 is 5.32 Å². The highest BCUT2D eigenvalue weighted by molar-refractivity contribution is 5.95. The van der Waals surface area contributed by atoms with Crippen LogP contribution in [0.25, 0.3) is 0 Å². The minimum atomic E-state index is -4.90. The number of amides is 3. The highest BCUT2D eigenvalue weighted by Gasteiger charge is 2.38. The number of hydrogen-bond acceptors (Lipinski definition) is 4. The van der Waals surface area contributed by atoms with E-state index in [4.69, 9.17) is 0 Å². The van der Waals surface area contributed by atoms with Crippen molar-refractivity contribution in [2.75, 3.05) is 25.5 Å². The van der Waals surface area contributed by atoms with Crippen molar-refractivity contribution in [2.24, 2.45) is 5.92 Å². The summed E-state index contributed by atoms with van der Waals surface area (Å²) in [6.07, 6.45) is -4.55. The summed E-state index contributed by atoms with van der Waals surface area (Å²) in [5.41, 5.74) is -0.0726. The maximum atomic E-state index is 13.6. The van der Waals surface area contributed by atoms with Crippen molar-refractivity contribution in [1.29, 1.82) is 0 Å². The molecule has 2 aromatic rings. The number of aromatic nitrogens is 2. The minimum absolute atomic E-state index is 0.0361.